The molecule has 2 aromatic carbocycles. The Hall–Kier alpha value is -2.34. The summed E-state index contributed by atoms with van der Waals surface area (Å²) in [5.41, 5.74) is 4.30. The maximum Gasteiger partial charge on any atom is 0.277 e. The van der Waals surface area contributed by atoms with Crippen LogP contribution in [-0.4, -0.2) is 25.8 Å². The molecule has 0 aliphatic carbocycles. The van der Waals surface area contributed by atoms with E-state index >= 15 is 0 Å². The van der Waals surface area contributed by atoms with Gasteiger partial charge in [0.15, 0.2) is 6.61 Å². The maximum atomic E-state index is 11.7. The zero-order valence-corrected chi connectivity index (χ0v) is 14.5. The molecular formula is C17H17BrN2O3. The van der Waals surface area contributed by atoms with Crippen molar-refractivity contribution in [3.63, 3.8) is 0 Å². The average molecular weight is 377 g/mol. The van der Waals surface area contributed by atoms with Crippen LogP contribution < -0.4 is 14.9 Å². The van der Waals surface area contributed by atoms with E-state index in [9.17, 15) is 4.79 Å². The summed E-state index contributed by atoms with van der Waals surface area (Å²) in [6.07, 6.45) is 1.52. The van der Waals surface area contributed by atoms with Crippen molar-refractivity contribution in [2.24, 2.45) is 5.10 Å². The molecule has 0 aliphatic heterocycles. The largest absolute Gasteiger partial charge is 0.496 e. The summed E-state index contributed by atoms with van der Waals surface area (Å²) in [6, 6.07) is 13.0. The van der Waals surface area contributed by atoms with E-state index < -0.39 is 0 Å². The number of amides is 1. The fraction of sp³-hybridized carbons (Fsp3) is 0.176. The smallest absolute Gasteiger partial charge is 0.277 e. The van der Waals surface area contributed by atoms with E-state index in [4.69, 9.17) is 9.47 Å². The van der Waals surface area contributed by atoms with Crippen LogP contribution in [0.2, 0.25) is 0 Å². The van der Waals surface area contributed by atoms with Gasteiger partial charge in [-0.3, -0.25) is 4.79 Å². The minimum Gasteiger partial charge on any atom is -0.496 e. The summed E-state index contributed by atoms with van der Waals surface area (Å²) in [4.78, 5) is 11.7. The molecule has 120 valence electrons. The SMILES string of the molecule is COc1ccc(Br)cc1C=NNC(=O)COc1ccc(C)cc1. The van der Waals surface area contributed by atoms with Gasteiger partial charge in [-0.15, -0.1) is 0 Å². The van der Waals surface area contributed by atoms with Crippen molar-refractivity contribution in [1.82, 2.24) is 5.43 Å². The molecule has 0 spiro atoms. The minimum absolute atomic E-state index is 0.101. The Morgan fingerprint density at radius 2 is 2.00 bits per heavy atom. The minimum atomic E-state index is -0.337. The van der Waals surface area contributed by atoms with Crippen LogP contribution in [0.25, 0.3) is 0 Å². The van der Waals surface area contributed by atoms with Crippen molar-refractivity contribution in [3.05, 3.63) is 58.1 Å². The van der Waals surface area contributed by atoms with E-state index in [1.165, 1.54) is 6.21 Å². The van der Waals surface area contributed by atoms with Crippen molar-refractivity contribution >= 4 is 28.1 Å². The number of hydrogen-bond acceptors (Lipinski definition) is 4. The number of hydrogen-bond donors (Lipinski definition) is 1. The molecule has 0 aromatic heterocycles. The Labute approximate surface area is 143 Å². The molecule has 0 radical (unpaired) electrons. The van der Waals surface area contributed by atoms with E-state index in [2.05, 4.69) is 26.5 Å². The third kappa shape index (κ3) is 5.41. The maximum absolute atomic E-state index is 11.7. The molecule has 23 heavy (non-hydrogen) atoms. The summed E-state index contributed by atoms with van der Waals surface area (Å²) < 4.78 is 11.5. The second-order valence-corrected chi connectivity index (χ2v) is 5.70. The Bertz CT molecular complexity index is 699. The van der Waals surface area contributed by atoms with Crippen molar-refractivity contribution < 1.29 is 14.3 Å². The molecule has 0 saturated heterocycles. The van der Waals surface area contributed by atoms with Gasteiger partial charge in [-0.2, -0.15) is 5.10 Å². The summed E-state index contributed by atoms with van der Waals surface area (Å²) in [5.74, 6) is 0.973. The molecule has 6 heteroatoms. The van der Waals surface area contributed by atoms with Crippen LogP contribution in [0.15, 0.2) is 52.0 Å². The topological polar surface area (TPSA) is 59.9 Å². The lowest BCUT2D eigenvalue weighted by Gasteiger charge is -2.06. The summed E-state index contributed by atoms with van der Waals surface area (Å²) in [6.45, 7) is 1.89. The van der Waals surface area contributed by atoms with E-state index in [1.807, 2.05) is 49.4 Å². The van der Waals surface area contributed by atoms with Gasteiger partial charge in [-0.25, -0.2) is 5.43 Å². The number of nitrogens with zero attached hydrogens (tertiary/aromatic N) is 1. The summed E-state index contributed by atoms with van der Waals surface area (Å²) in [5, 5.41) is 3.91. The Morgan fingerprint density at radius 3 is 2.70 bits per heavy atom. The van der Waals surface area contributed by atoms with Crippen LogP contribution in [0, 0.1) is 6.92 Å². The molecule has 2 aromatic rings. The lowest BCUT2D eigenvalue weighted by Crippen LogP contribution is -2.24. The van der Waals surface area contributed by atoms with Crippen LogP contribution in [0.1, 0.15) is 11.1 Å². The molecule has 5 nitrogen and oxygen atoms in total. The molecule has 0 atom stereocenters. The third-order valence-corrected chi connectivity index (χ3v) is 3.47. The molecule has 0 aliphatic rings. The molecule has 0 fully saturated rings. The first kappa shape index (κ1) is 17.0. The molecule has 0 heterocycles. The van der Waals surface area contributed by atoms with Crippen LogP contribution in [0.4, 0.5) is 0 Å². The summed E-state index contributed by atoms with van der Waals surface area (Å²) in [7, 11) is 1.58. The molecule has 0 unspecified atom stereocenters. The first-order valence-corrected chi connectivity index (χ1v) is 7.72. The Balaban J connectivity index is 1.86. The monoisotopic (exact) mass is 376 g/mol. The van der Waals surface area contributed by atoms with Crippen LogP contribution >= 0.6 is 15.9 Å². The fourth-order valence-electron chi connectivity index (χ4n) is 1.80. The zero-order valence-electron chi connectivity index (χ0n) is 12.9. The quantitative estimate of drug-likeness (QED) is 0.621. The number of benzene rings is 2. The van der Waals surface area contributed by atoms with Gasteiger partial charge in [-0.05, 0) is 37.3 Å². The number of aryl methyl sites for hydroxylation is 1. The molecule has 0 saturated carbocycles. The highest BCUT2D eigenvalue weighted by atomic mass is 79.9. The van der Waals surface area contributed by atoms with E-state index in [-0.39, 0.29) is 12.5 Å². The van der Waals surface area contributed by atoms with Gasteiger partial charge in [0, 0.05) is 10.0 Å². The standard InChI is InChI=1S/C17H17BrN2O3/c1-12-3-6-15(7-4-12)23-11-17(21)20-19-10-13-9-14(18)5-8-16(13)22-2/h3-10H,11H2,1-2H3,(H,20,21). The lowest BCUT2D eigenvalue weighted by atomic mass is 10.2. The number of carbonyl (C=O) groups excluding carboxylic acids is 1. The van der Waals surface area contributed by atoms with Gasteiger partial charge in [0.1, 0.15) is 11.5 Å². The predicted octanol–water partition coefficient (Wildman–Crippen LogP) is 3.30. The highest BCUT2D eigenvalue weighted by molar-refractivity contribution is 9.10. The number of methoxy groups -OCH3 is 1. The van der Waals surface area contributed by atoms with Gasteiger partial charge < -0.3 is 9.47 Å². The normalized spacial score (nSPS) is 10.6. The van der Waals surface area contributed by atoms with Gasteiger partial charge in [0.05, 0.1) is 13.3 Å². The Morgan fingerprint density at radius 1 is 1.26 bits per heavy atom. The first-order valence-electron chi connectivity index (χ1n) is 6.93. The number of carbonyl (C=O) groups is 1. The average Bonchev–Trinajstić information content (AvgIpc) is 2.54. The number of hydrazone groups is 1. The van der Waals surface area contributed by atoms with Gasteiger partial charge in [-0.1, -0.05) is 33.6 Å². The van der Waals surface area contributed by atoms with Crippen molar-refractivity contribution in [1.29, 1.82) is 0 Å². The van der Waals surface area contributed by atoms with E-state index in [0.29, 0.717) is 11.5 Å². The lowest BCUT2D eigenvalue weighted by molar-refractivity contribution is -0.123. The predicted molar refractivity (Wildman–Crippen MR) is 93.1 cm³/mol. The summed E-state index contributed by atoms with van der Waals surface area (Å²) >= 11 is 3.38. The second-order valence-electron chi connectivity index (χ2n) is 4.78. The molecule has 2 rings (SSSR count). The van der Waals surface area contributed by atoms with Gasteiger partial charge >= 0.3 is 0 Å². The van der Waals surface area contributed by atoms with E-state index in [1.54, 1.807) is 7.11 Å². The van der Waals surface area contributed by atoms with Gasteiger partial charge in [0.25, 0.3) is 5.91 Å². The molecule has 1 N–H and O–H groups in total. The number of ether oxygens (including phenoxy) is 2. The van der Waals surface area contributed by atoms with Crippen LogP contribution in [-0.2, 0) is 4.79 Å². The molecule has 1 amide bonds. The Kier molecular flexibility index (Phi) is 6.17. The number of halogens is 1. The molecule has 0 bridgehead atoms. The highest BCUT2D eigenvalue weighted by Crippen LogP contribution is 2.21. The van der Waals surface area contributed by atoms with Gasteiger partial charge in [0.2, 0.25) is 0 Å². The van der Waals surface area contributed by atoms with E-state index in [0.717, 1.165) is 15.6 Å². The number of rotatable bonds is 6. The van der Waals surface area contributed by atoms with Crippen molar-refractivity contribution in [2.75, 3.05) is 13.7 Å². The van der Waals surface area contributed by atoms with Crippen LogP contribution in [0.3, 0.4) is 0 Å². The van der Waals surface area contributed by atoms with Crippen molar-refractivity contribution in [2.45, 2.75) is 6.92 Å². The zero-order chi connectivity index (χ0) is 16.7. The highest BCUT2D eigenvalue weighted by Gasteiger charge is 2.03. The number of nitrogens with one attached hydrogen (secondary N) is 1. The van der Waals surface area contributed by atoms with Crippen LogP contribution in [0.5, 0.6) is 11.5 Å². The third-order valence-electron chi connectivity index (χ3n) is 2.98. The second kappa shape index (κ2) is 8.33. The van der Waals surface area contributed by atoms with Crippen molar-refractivity contribution in [3.8, 4) is 11.5 Å². The molecular weight excluding hydrogens is 360 g/mol. The first-order chi connectivity index (χ1) is 11.1. The fourth-order valence-corrected chi connectivity index (χ4v) is 2.17.